The van der Waals surface area contributed by atoms with Crippen molar-refractivity contribution >= 4 is 17.3 Å². The van der Waals surface area contributed by atoms with Crippen molar-refractivity contribution in [1.82, 2.24) is 5.32 Å². The summed E-state index contributed by atoms with van der Waals surface area (Å²) in [6.45, 7) is 4.83. The maximum atomic E-state index is 9.35. The molecule has 1 rings (SSSR count). The van der Waals surface area contributed by atoms with Crippen molar-refractivity contribution in [1.29, 1.82) is 0 Å². The van der Waals surface area contributed by atoms with E-state index < -0.39 is 0 Å². The molecule has 1 aromatic rings. The van der Waals surface area contributed by atoms with Gasteiger partial charge in [0.2, 0.25) is 0 Å². The van der Waals surface area contributed by atoms with E-state index in [0.29, 0.717) is 0 Å². The van der Waals surface area contributed by atoms with Crippen molar-refractivity contribution < 1.29 is 5.11 Å². The predicted molar refractivity (Wildman–Crippen MR) is 73.8 cm³/mol. The van der Waals surface area contributed by atoms with Gasteiger partial charge in [-0.2, -0.15) is 0 Å². The molecule has 0 spiro atoms. The Kier molecular flexibility index (Phi) is 4.80. The number of aliphatic hydroxyl groups excluding tert-OH is 1. The molecule has 1 aromatic carbocycles. The third-order valence-electron chi connectivity index (χ3n) is 3.09. The molecule has 2 N–H and O–H groups in total. The zero-order valence-electron chi connectivity index (χ0n) is 10.9. The molecule has 0 bridgehead atoms. The summed E-state index contributed by atoms with van der Waals surface area (Å²) in [6.07, 6.45) is 0. The molecule has 0 unspecified atom stereocenters. The highest BCUT2D eigenvalue weighted by atomic mass is 35.5. The summed E-state index contributed by atoms with van der Waals surface area (Å²) >= 11 is 6.22. The molecule has 0 aromatic heterocycles. The molecule has 0 atom stereocenters. The second-order valence-corrected chi connectivity index (χ2v) is 5.24. The van der Waals surface area contributed by atoms with E-state index in [9.17, 15) is 5.11 Å². The molecular formula is C13H21ClN2O. The van der Waals surface area contributed by atoms with Crippen molar-refractivity contribution in [2.24, 2.45) is 0 Å². The van der Waals surface area contributed by atoms with Crippen LogP contribution in [0.4, 0.5) is 5.69 Å². The molecule has 0 aliphatic carbocycles. The minimum absolute atomic E-state index is 0.0966. The number of aliphatic hydroxyl groups is 1. The number of rotatable bonds is 5. The lowest BCUT2D eigenvalue weighted by Gasteiger charge is -2.36. The second kappa shape index (κ2) is 5.71. The SMILES string of the molecule is CNCc1ccc(N(C)C(C)(C)CO)cc1Cl. The third-order valence-corrected chi connectivity index (χ3v) is 3.44. The van der Waals surface area contributed by atoms with Gasteiger partial charge in [-0.25, -0.2) is 0 Å². The van der Waals surface area contributed by atoms with Crippen LogP contribution < -0.4 is 10.2 Å². The third kappa shape index (κ3) is 3.35. The summed E-state index contributed by atoms with van der Waals surface area (Å²) < 4.78 is 0. The zero-order valence-corrected chi connectivity index (χ0v) is 11.7. The Balaban J connectivity index is 2.97. The van der Waals surface area contributed by atoms with Gasteiger partial charge in [0.05, 0.1) is 12.1 Å². The molecule has 0 heterocycles. The van der Waals surface area contributed by atoms with Gasteiger partial charge < -0.3 is 15.3 Å². The largest absolute Gasteiger partial charge is 0.394 e. The fourth-order valence-corrected chi connectivity index (χ4v) is 1.78. The summed E-state index contributed by atoms with van der Waals surface area (Å²) in [5.41, 5.74) is 1.79. The molecule has 0 radical (unpaired) electrons. The summed E-state index contributed by atoms with van der Waals surface area (Å²) in [5, 5.41) is 13.2. The normalized spacial score (nSPS) is 11.6. The summed E-state index contributed by atoms with van der Waals surface area (Å²) in [4.78, 5) is 2.03. The molecule has 0 fully saturated rings. The first kappa shape index (κ1) is 14.3. The molecule has 17 heavy (non-hydrogen) atoms. The van der Waals surface area contributed by atoms with Gasteiger partial charge in [0.15, 0.2) is 0 Å². The lowest BCUT2D eigenvalue weighted by Crippen LogP contribution is -2.44. The summed E-state index contributed by atoms with van der Waals surface area (Å²) in [6, 6.07) is 5.97. The number of hydrogen-bond donors (Lipinski definition) is 2. The number of likely N-dealkylation sites (N-methyl/N-ethyl adjacent to an activating group) is 1. The Hall–Kier alpha value is -0.770. The molecule has 96 valence electrons. The Morgan fingerprint density at radius 3 is 2.53 bits per heavy atom. The van der Waals surface area contributed by atoms with Gasteiger partial charge in [-0.1, -0.05) is 17.7 Å². The molecule has 0 saturated heterocycles. The first-order chi connectivity index (χ1) is 7.92. The number of hydrogen-bond acceptors (Lipinski definition) is 3. The van der Waals surface area contributed by atoms with E-state index in [4.69, 9.17) is 11.6 Å². The average Bonchev–Trinajstić information content (AvgIpc) is 2.31. The molecule has 0 aliphatic rings. The fraction of sp³-hybridized carbons (Fsp3) is 0.538. The summed E-state index contributed by atoms with van der Waals surface area (Å²) in [7, 11) is 3.85. The number of nitrogens with zero attached hydrogens (tertiary/aromatic N) is 1. The van der Waals surface area contributed by atoms with Gasteiger partial charge in [-0.15, -0.1) is 0 Å². The average molecular weight is 257 g/mol. The zero-order chi connectivity index (χ0) is 13.1. The van der Waals surface area contributed by atoms with Gasteiger partial charge in [0, 0.05) is 24.3 Å². The number of anilines is 1. The standard InChI is InChI=1S/C13H21ClN2O/c1-13(2,9-17)16(4)11-6-5-10(8-15-3)12(14)7-11/h5-7,15,17H,8-9H2,1-4H3. The van der Waals surface area contributed by atoms with Crippen molar-refractivity contribution in [3.8, 4) is 0 Å². The maximum absolute atomic E-state index is 9.35. The molecule has 0 aliphatic heterocycles. The Morgan fingerprint density at radius 1 is 1.41 bits per heavy atom. The van der Waals surface area contributed by atoms with Gasteiger partial charge in [0.1, 0.15) is 0 Å². The highest BCUT2D eigenvalue weighted by Crippen LogP contribution is 2.27. The molecule has 4 heteroatoms. The molecule has 3 nitrogen and oxygen atoms in total. The number of nitrogens with one attached hydrogen (secondary N) is 1. The van der Waals surface area contributed by atoms with Crippen molar-refractivity contribution in [2.45, 2.75) is 25.9 Å². The smallest absolute Gasteiger partial charge is 0.0658 e. The Morgan fingerprint density at radius 2 is 2.06 bits per heavy atom. The van der Waals surface area contributed by atoms with Crippen LogP contribution in [0.2, 0.25) is 5.02 Å². The van der Waals surface area contributed by atoms with E-state index in [1.807, 2.05) is 51.0 Å². The quantitative estimate of drug-likeness (QED) is 0.849. The topological polar surface area (TPSA) is 35.5 Å². The Bertz CT molecular complexity index is 380. The van der Waals surface area contributed by atoms with Crippen LogP contribution in [0.3, 0.4) is 0 Å². The molecule has 0 saturated carbocycles. The van der Waals surface area contributed by atoms with Crippen LogP contribution in [-0.4, -0.2) is 31.3 Å². The number of benzene rings is 1. The second-order valence-electron chi connectivity index (χ2n) is 4.84. The van der Waals surface area contributed by atoms with E-state index >= 15 is 0 Å². The van der Waals surface area contributed by atoms with Crippen LogP contribution in [0.25, 0.3) is 0 Å². The van der Waals surface area contributed by atoms with Crippen molar-refractivity contribution in [2.75, 3.05) is 25.6 Å². The van der Waals surface area contributed by atoms with Gasteiger partial charge in [-0.05, 0) is 38.6 Å². The molecule has 0 amide bonds. The maximum Gasteiger partial charge on any atom is 0.0658 e. The van der Waals surface area contributed by atoms with Crippen LogP contribution in [0.15, 0.2) is 18.2 Å². The van der Waals surface area contributed by atoms with E-state index in [1.165, 1.54) is 0 Å². The highest BCUT2D eigenvalue weighted by molar-refractivity contribution is 6.31. The summed E-state index contributed by atoms with van der Waals surface area (Å²) in [5.74, 6) is 0. The van der Waals surface area contributed by atoms with Crippen molar-refractivity contribution in [3.05, 3.63) is 28.8 Å². The minimum atomic E-state index is -0.298. The first-order valence-electron chi connectivity index (χ1n) is 5.70. The van der Waals surface area contributed by atoms with Crippen molar-refractivity contribution in [3.63, 3.8) is 0 Å². The first-order valence-corrected chi connectivity index (χ1v) is 6.08. The predicted octanol–water partition coefficient (Wildman–Crippen LogP) is 2.27. The fourth-order valence-electron chi connectivity index (χ4n) is 1.53. The van der Waals surface area contributed by atoms with Crippen LogP contribution in [0.5, 0.6) is 0 Å². The Labute approximate surface area is 108 Å². The van der Waals surface area contributed by atoms with E-state index in [0.717, 1.165) is 22.8 Å². The van der Waals surface area contributed by atoms with E-state index in [2.05, 4.69) is 5.32 Å². The highest BCUT2D eigenvalue weighted by Gasteiger charge is 2.23. The number of halogens is 1. The van der Waals surface area contributed by atoms with Gasteiger partial charge in [-0.3, -0.25) is 0 Å². The van der Waals surface area contributed by atoms with E-state index in [1.54, 1.807) is 0 Å². The van der Waals surface area contributed by atoms with Gasteiger partial charge in [0.25, 0.3) is 0 Å². The van der Waals surface area contributed by atoms with E-state index in [-0.39, 0.29) is 12.1 Å². The van der Waals surface area contributed by atoms with Crippen LogP contribution >= 0.6 is 11.6 Å². The van der Waals surface area contributed by atoms with Crippen LogP contribution in [-0.2, 0) is 6.54 Å². The van der Waals surface area contributed by atoms with Crippen LogP contribution in [0, 0.1) is 0 Å². The lowest BCUT2D eigenvalue weighted by molar-refractivity contribution is 0.216. The minimum Gasteiger partial charge on any atom is -0.394 e. The lowest BCUT2D eigenvalue weighted by atomic mass is 10.0. The monoisotopic (exact) mass is 256 g/mol. The molecular weight excluding hydrogens is 236 g/mol. The van der Waals surface area contributed by atoms with Crippen LogP contribution in [0.1, 0.15) is 19.4 Å². The van der Waals surface area contributed by atoms with Gasteiger partial charge >= 0.3 is 0 Å².